The second kappa shape index (κ2) is 5.41. The first-order valence-corrected chi connectivity index (χ1v) is 9.08. The topological polar surface area (TPSA) is 49.7 Å². The van der Waals surface area contributed by atoms with E-state index in [4.69, 9.17) is 4.74 Å². The molecule has 2 saturated carbocycles. The van der Waals surface area contributed by atoms with Gasteiger partial charge in [0.05, 0.1) is 6.61 Å². The molecule has 2 N–H and O–H groups in total. The fourth-order valence-electron chi connectivity index (χ4n) is 6.17. The van der Waals surface area contributed by atoms with E-state index in [1.54, 1.807) is 7.11 Å². The van der Waals surface area contributed by atoms with Crippen molar-refractivity contribution in [1.29, 1.82) is 0 Å². The van der Waals surface area contributed by atoms with Crippen molar-refractivity contribution in [3.63, 3.8) is 0 Å². The molecule has 0 unspecified atom stereocenters. The number of hydrogen-bond donors (Lipinski definition) is 2. The molecule has 0 radical (unpaired) electrons. The maximum Gasteiger partial charge on any atom is 0.123 e. The average Bonchev–Trinajstić information content (AvgIpc) is 2.89. The number of fused-ring (bicyclic) bond motifs is 5. The van der Waals surface area contributed by atoms with Gasteiger partial charge in [-0.2, -0.15) is 0 Å². The molecule has 0 bridgehead atoms. The summed E-state index contributed by atoms with van der Waals surface area (Å²) in [7, 11) is 1.75. The van der Waals surface area contributed by atoms with Crippen LogP contribution in [0.5, 0.6) is 11.5 Å². The Bertz CT molecular complexity index is 611. The minimum absolute atomic E-state index is 0.169. The molecule has 2 fully saturated rings. The van der Waals surface area contributed by atoms with Crippen molar-refractivity contribution in [1.82, 2.24) is 0 Å². The molecule has 23 heavy (non-hydrogen) atoms. The maximum absolute atomic E-state index is 10.6. The minimum atomic E-state index is 0.169. The zero-order valence-corrected chi connectivity index (χ0v) is 14.2. The first-order chi connectivity index (χ1) is 11.0. The van der Waals surface area contributed by atoms with Gasteiger partial charge in [-0.05, 0) is 66.9 Å². The number of ether oxygens (including phenoxy) is 1. The molecule has 3 heteroatoms. The Morgan fingerprint density at radius 2 is 2.04 bits per heavy atom. The molecule has 0 spiro atoms. The predicted molar refractivity (Wildman–Crippen MR) is 89.9 cm³/mol. The van der Waals surface area contributed by atoms with Crippen molar-refractivity contribution in [2.75, 3.05) is 13.7 Å². The normalized spacial score (nSPS) is 38.7. The van der Waals surface area contributed by atoms with Gasteiger partial charge in [-0.1, -0.05) is 13.3 Å². The summed E-state index contributed by atoms with van der Waals surface area (Å²) in [5, 5.41) is 20.5. The van der Waals surface area contributed by atoms with E-state index in [-0.39, 0.29) is 17.4 Å². The van der Waals surface area contributed by atoms with Crippen LogP contribution in [-0.2, 0) is 4.74 Å². The van der Waals surface area contributed by atoms with Crippen molar-refractivity contribution in [2.24, 2.45) is 17.3 Å². The summed E-state index contributed by atoms with van der Waals surface area (Å²) in [5.41, 5.74) is 2.73. The molecule has 1 aromatic rings. The number of methoxy groups -OCH3 is 1. The van der Waals surface area contributed by atoms with Crippen LogP contribution in [0.4, 0.5) is 0 Å². The number of benzene rings is 1. The van der Waals surface area contributed by atoms with Gasteiger partial charge in [0.1, 0.15) is 11.5 Å². The van der Waals surface area contributed by atoms with E-state index in [0.29, 0.717) is 23.9 Å². The second-order valence-electron chi connectivity index (χ2n) is 8.32. The van der Waals surface area contributed by atoms with E-state index < -0.39 is 0 Å². The van der Waals surface area contributed by atoms with Crippen LogP contribution in [0, 0.1) is 17.3 Å². The summed E-state index contributed by atoms with van der Waals surface area (Å²) < 4.78 is 5.47. The van der Waals surface area contributed by atoms with Gasteiger partial charge in [0.2, 0.25) is 0 Å². The third-order valence-electron chi connectivity index (χ3n) is 7.13. The molecule has 0 saturated heterocycles. The van der Waals surface area contributed by atoms with Gasteiger partial charge in [0, 0.05) is 24.7 Å². The molecule has 0 amide bonds. The molecule has 126 valence electrons. The first-order valence-electron chi connectivity index (χ1n) is 9.08. The lowest BCUT2D eigenvalue weighted by atomic mass is 9.54. The number of phenols is 2. The molecule has 1 aromatic carbocycles. The molecule has 3 aliphatic carbocycles. The van der Waals surface area contributed by atoms with Crippen LogP contribution in [0.2, 0.25) is 0 Å². The summed E-state index contributed by atoms with van der Waals surface area (Å²) in [5.74, 6) is 2.63. The Morgan fingerprint density at radius 1 is 1.22 bits per heavy atom. The van der Waals surface area contributed by atoms with Crippen LogP contribution in [0.3, 0.4) is 0 Å². The van der Waals surface area contributed by atoms with Crippen molar-refractivity contribution in [2.45, 2.75) is 57.3 Å². The highest BCUT2D eigenvalue weighted by Crippen LogP contribution is 2.63. The zero-order chi connectivity index (χ0) is 16.2. The standard InChI is InChI=1S/C20H28O3/c1-20-6-3-4-17(20)16-8-12(11-23-2)15-9-13(21)10-18(22)19(15)14(16)5-7-20/h9-10,12,14,16-17,21-22H,3-8,11H2,1-2H3/t12-,14-,16+,17-,20-/m0/s1. The highest BCUT2D eigenvalue weighted by molar-refractivity contribution is 5.51. The predicted octanol–water partition coefficient (Wildman–Crippen LogP) is 4.53. The molecular formula is C20H28O3. The first kappa shape index (κ1) is 15.3. The Balaban J connectivity index is 1.79. The summed E-state index contributed by atoms with van der Waals surface area (Å²) in [4.78, 5) is 0. The van der Waals surface area contributed by atoms with Crippen molar-refractivity contribution in [3.8, 4) is 11.5 Å². The third kappa shape index (κ3) is 2.27. The Kier molecular flexibility index (Phi) is 3.60. The van der Waals surface area contributed by atoms with Crippen LogP contribution >= 0.6 is 0 Å². The summed E-state index contributed by atoms with van der Waals surface area (Å²) in [6, 6.07) is 3.38. The summed E-state index contributed by atoms with van der Waals surface area (Å²) in [6.45, 7) is 3.15. The van der Waals surface area contributed by atoms with Crippen LogP contribution in [0.15, 0.2) is 12.1 Å². The van der Waals surface area contributed by atoms with E-state index >= 15 is 0 Å². The van der Waals surface area contributed by atoms with Gasteiger partial charge in [-0.25, -0.2) is 0 Å². The summed E-state index contributed by atoms with van der Waals surface area (Å²) in [6.07, 6.45) is 7.63. The highest BCUT2D eigenvalue weighted by atomic mass is 16.5. The van der Waals surface area contributed by atoms with E-state index in [2.05, 4.69) is 6.92 Å². The largest absolute Gasteiger partial charge is 0.508 e. The maximum atomic E-state index is 10.6. The van der Waals surface area contributed by atoms with Gasteiger partial charge < -0.3 is 14.9 Å². The lowest BCUT2D eigenvalue weighted by Crippen LogP contribution is -2.41. The monoisotopic (exact) mass is 316 g/mol. The van der Waals surface area contributed by atoms with Crippen molar-refractivity contribution >= 4 is 0 Å². The van der Waals surface area contributed by atoms with Crippen molar-refractivity contribution in [3.05, 3.63) is 23.3 Å². The molecule has 0 aliphatic heterocycles. The number of hydrogen-bond acceptors (Lipinski definition) is 3. The van der Waals surface area contributed by atoms with Gasteiger partial charge in [-0.3, -0.25) is 0 Å². The van der Waals surface area contributed by atoms with Crippen molar-refractivity contribution < 1.29 is 14.9 Å². The zero-order valence-electron chi connectivity index (χ0n) is 14.2. The molecule has 5 atom stereocenters. The molecule has 0 aromatic heterocycles. The van der Waals surface area contributed by atoms with E-state index in [9.17, 15) is 10.2 Å². The van der Waals surface area contributed by atoms with E-state index in [1.807, 2.05) is 6.07 Å². The second-order valence-corrected chi connectivity index (χ2v) is 8.32. The Hall–Kier alpha value is -1.22. The van der Waals surface area contributed by atoms with Gasteiger partial charge >= 0.3 is 0 Å². The molecule has 4 rings (SSSR count). The molecule has 3 nitrogen and oxygen atoms in total. The molecule has 0 heterocycles. The van der Waals surface area contributed by atoms with E-state index in [0.717, 1.165) is 23.5 Å². The van der Waals surface area contributed by atoms with E-state index in [1.165, 1.54) is 38.2 Å². The SMILES string of the molecule is COC[C@@H]1C[C@@H]2[C@H](CC[C@]3(C)CCC[C@@H]23)c2c(O)cc(O)cc21. The van der Waals surface area contributed by atoms with Gasteiger partial charge in [0.25, 0.3) is 0 Å². The fraction of sp³-hybridized carbons (Fsp3) is 0.700. The molecule has 3 aliphatic rings. The van der Waals surface area contributed by atoms with Gasteiger partial charge in [0.15, 0.2) is 0 Å². The van der Waals surface area contributed by atoms with Crippen LogP contribution < -0.4 is 0 Å². The lowest BCUT2D eigenvalue weighted by molar-refractivity contribution is 0.0432. The smallest absolute Gasteiger partial charge is 0.123 e. The third-order valence-corrected chi connectivity index (χ3v) is 7.13. The fourth-order valence-corrected chi connectivity index (χ4v) is 6.17. The number of rotatable bonds is 2. The van der Waals surface area contributed by atoms with Crippen LogP contribution in [0.1, 0.15) is 68.4 Å². The minimum Gasteiger partial charge on any atom is -0.508 e. The Labute approximate surface area is 138 Å². The molecular weight excluding hydrogens is 288 g/mol. The lowest BCUT2D eigenvalue weighted by Gasteiger charge is -2.51. The summed E-state index contributed by atoms with van der Waals surface area (Å²) >= 11 is 0. The van der Waals surface area contributed by atoms with Gasteiger partial charge in [-0.15, -0.1) is 0 Å². The van der Waals surface area contributed by atoms with Crippen LogP contribution in [0.25, 0.3) is 0 Å². The quantitative estimate of drug-likeness (QED) is 0.842. The number of phenolic OH excluding ortho intramolecular Hbond substituents is 2. The highest BCUT2D eigenvalue weighted by Gasteiger charge is 2.52. The average molecular weight is 316 g/mol. The Morgan fingerprint density at radius 3 is 2.83 bits per heavy atom. The van der Waals surface area contributed by atoms with Crippen LogP contribution in [-0.4, -0.2) is 23.9 Å². The number of aromatic hydroxyl groups is 2.